The van der Waals surface area contributed by atoms with E-state index >= 15 is 0 Å². The van der Waals surface area contributed by atoms with E-state index in [9.17, 15) is 4.79 Å². The summed E-state index contributed by atoms with van der Waals surface area (Å²) < 4.78 is 5.40. The lowest BCUT2D eigenvalue weighted by atomic mass is 9.84. The van der Waals surface area contributed by atoms with E-state index in [0.29, 0.717) is 5.92 Å². The fraction of sp³-hybridized carbons (Fsp3) is 0.842. The summed E-state index contributed by atoms with van der Waals surface area (Å²) in [6, 6.07) is 0.0942. The first kappa shape index (κ1) is 19.1. The van der Waals surface area contributed by atoms with Gasteiger partial charge < -0.3 is 10.1 Å². The third kappa shape index (κ3) is 9.11. The molecule has 1 aliphatic carbocycles. The van der Waals surface area contributed by atoms with Gasteiger partial charge in [0.05, 0.1) is 6.04 Å². The second-order valence-corrected chi connectivity index (χ2v) is 8.05. The summed E-state index contributed by atoms with van der Waals surface area (Å²) in [5.41, 5.74) is -0.443. The first-order valence-corrected chi connectivity index (χ1v) is 8.92. The highest BCUT2D eigenvalue weighted by Gasteiger charge is 2.21. The maximum Gasteiger partial charge on any atom is 0.408 e. The minimum absolute atomic E-state index is 0.0942. The number of rotatable bonds is 6. The van der Waals surface area contributed by atoms with Crippen molar-refractivity contribution in [2.75, 3.05) is 0 Å². The average molecular weight is 309 g/mol. The Bertz CT molecular complexity index is 349. The van der Waals surface area contributed by atoms with Crippen LogP contribution in [0.5, 0.6) is 0 Å². The van der Waals surface area contributed by atoms with Crippen LogP contribution in [0.3, 0.4) is 0 Å². The van der Waals surface area contributed by atoms with Gasteiger partial charge >= 0.3 is 6.09 Å². The fourth-order valence-electron chi connectivity index (χ4n) is 2.94. The van der Waals surface area contributed by atoms with E-state index in [0.717, 1.165) is 18.8 Å². The molecule has 1 saturated carbocycles. The number of carbonyl (C=O) groups is 1. The van der Waals surface area contributed by atoms with Crippen LogP contribution in [-0.2, 0) is 4.74 Å². The second kappa shape index (κ2) is 9.22. The summed E-state index contributed by atoms with van der Waals surface area (Å²) in [7, 11) is 0. The quantitative estimate of drug-likeness (QED) is 0.662. The van der Waals surface area contributed by atoms with Crippen molar-refractivity contribution in [3.63, 3.8) is 0 Å². The Labute approximate surface area is 136 Å². The normalized spacial score (nSPS) is 18.6. The number of allylic oxidation sites excluding steroid dienone is 1. The Morgan fingerprint density at radius 3 is 2.41 bits per heavy atom. The van der Waals surface area contributed by atoms with Gasteiger partial charge in [0.15, 0.2) is 0 Å². The van der Waals surface area contributed by atoms with E-state index in [4.69, 9.17) is 4.74 Å². The third-order valence-corrected chi connectivity index (χ3v) is 3.99. The van der Waals surface area contributed by atoms with Gasteiger partial charge in [-0.2, -0.15) is 0 Å². The molecule has 22 heavy (non-hydrogen) atoms. The molecule has 0 heterocycles. The van der Waals surface area contributed by atoms with Crippen LogP contribution in [0, 0.1) is 11.8 Å². The minimum Gasteiger partial charge on any atom is -0.444 e. The second-order valence-electron chi connectivity index (χ2n) is 8.05. The van der Waals surface area contributed by atoms with Crippen LogP contribution >= 0.6 is 0 Å². The van der Waals surface area contributed by atoms with Gasteiger partial charge in [-0.05, 0) is 45.4 Å². The average Bonchev–Trinajstić information content (AvgIpc) is 2.36. The highest BCUT2D eigenvalue weighted by atomic mass is 16.6. The lowest BCUT2D eigenvalue weighted by molar-refractivity contribution is 0.0507. The van der Waals surface area contributed by atoms with Crippen LogP contribution in [-0.4, -0.2) is 17.7 Å². The molecule has 0 spiro atoms. The van der Waals surface area contributed by atoms with E-state index in [1.165, 1.54) is 32.1 Å². The SMILES string of the molecule is CC(C)C/C=C/C(CC1CCCCC1)NC(=O)OC(C)(C)C. The molecule has 3 heteroatoms. The molecule has 0 aromatic heterocycles. The zero-order valence-electron chi connectivity index (χ0n) is 15.2. The topological polar surface area (TPSA) is 38.3 Å². The molecule has 1 rings (SSSR count). The Hall–Kier alpha value is -0.990. The van der Waals surface area contributed by atoms with Gasteiger partial charge in [-0.1, -0.05) is 58.1 Å². The molecule has 1 fully saturated rings. The van der Waals surface area contributed by atoms with Crippen molar-refractivity contribution in [1.29, 1.82) is 0 Å². The van der Waals surface area contributed by atoms with Crippen LogP contribution in [0.15, 0.2) is 12.2 Å². The van der Waals surface area contributed by atoms with E-state index in [1.807, 2.05) is 20.8 Å². The number of nitrogens with one attached hydrogen (secondary N) is 1. The van der Waals surface area contributed by atoms with Crippen molar-refractivity contribution >= 4 is 6.09 Å². The van der Waals surface area contributed by atoms with Crippen molar-refractivity contribution in [3.05, 3.63) is 12.2 Å². The number of ether oxygens (including phenoxy) is 1. The molecular formula is C19H35NO2. The largest absolute Gasteiger partial charge is 0.444 e. The maximum absolute atomic E-state index is 12.0. The maximum atomic E-state index is 12.0. The van der Waals surface area contributed by atoms with Crippen molar-refractivity contribution in [2.45, 2.75) is 91.2 Å². The molecule has 0 aromatic rings. The molecule has 0 aromatic carbocycles. The lowest BCUT2D eigenvalue weighted by Gasteiger charge is -2.27. The molecule has 3 nitrogen and oxygen atoms in total. The van der Waals surface area contributed by atoms with Gasteiger partial charge in [-0.3, -0.25) is 0 Å². The summed E-state index contributed by atoms with van der Waals surface area (Å²) in [4.78, 5) is 12.0. The van der Waals surface area contributed by atoms with Crippen LogP contribution < -0.4 is 5.32 Å². The van der Waals surface area contributed by atoms with Gasteiger partial charge in [0.25, 0.3) is 0 Å². The van der Waals surface area contributed by atoms with Crippen LogP contribution in [0.2, 0.25) is 0 Å². The molecule has 0 saturated heterocycles. The number of carbonyl (C=O) groups excluding carboxylic acids is 1. The highest BCUT2D eigenvalue weighted by Crippen LogP contribution is 2.27. The molecule has 1 aliphatic rings. The standard InChI is InChI=1S/C19H35NO2/c1-15(2)10-9-13-17(14-16-11-7-6-8-12-16)20-18(21)22-19(3,4)5/h9,13,15-17H,6-8,10-12,14H2,1-5H3,(H,20,21)/b13-9+. The van der Waals surface area contributed by atoms with E-state index in [2.05, 4.69) is 31.3 Å². The molecule has 0 aliphatic heterocycles. The van der Waals surface area contributed by atoms with Crippen LogP contribution in [0.25, 0.3) is 0 Å². The minimum atomic E-state index is -0.443. The van der Waals surface area contributed by atoms with Crippen molar-refractivity contribution in [1.82, 2.24) is 5.32 Å². The van der Waals surface area contributed by atoms with Gasteiger partial charge in [-0.15, -0.1) is 0 Å². The number of hydrogen-bond donors (Lipinski definition) is 1. The zero-order valence-corrected chi connectivity index (χ0v) is 15.2. The molecule has 1 unspecified atom stereocenters. The van der Waals surface area contributed by atoms with Gasteiger partial charge in [-0.25, -0.2) is 4.79 Å². The summed E-state index contributed by atoms with van der Waals surface area (Å²) in [6.07, 6.45) is 12.8. The third-order valence-electron chi connectivity index (χ3n) is 3.99. The van der Waals surface area contributed by atoms with E-state index < -0.39 is 5.60 Å². The molecule has 0 bridgehead atoms. The molecular weight excluding hydrogens is 274 g/mol. The molecule has 128 valence electrons. The molecule has 1 amide bonds. The lowest BCUT2D eigenvalue weighted by Crippen LogP contribution is -2.39. The van der Waals surface area contributed by atoms with Gasteiger partial charge in [0.1, 0.15) is 5.60 Å². The monoisotopic (exact) mass is 309 g/mol. The highest BCUT2D eigenvalue weighted by molar-refractivity contribution is 5.68. The Morgan fingerprint density at radius 2 is 1.86 bits per heavy atom. The van der Waals surface area contributed by atoms with Crippen LogP contribution in [0.1, 0.15) is 79.6 Å². The molecule has 0 radical (unpaired) electrons. The Balaban J connectivity index is 2.56. The van der Waals surface area contributed by atoms with E-state index in [-0.39, 0.29) is 12.1 Å². The predicted octanol–water partition coefficient (Wildman–Crippen LogP) is 5.45. The summed E-state index contributed by atoms with van der Waals surface area (Å²) in [5.74, 6) is 1.38. The van der Waals surface area contributed by atoms with Crippen LogP contribution in [0.4, 0.5) is 4.79 Å². The Kier molecular flexibility index (Phi) is 7.98. The van der Waals surface area contributed by atoms with Crippen molar-refractivity contribution in [2.24, 2.45) is 11.8 Å². The summed E-state index contributed by atoms with van der Waals surface area (Å²) in [6.45, 7) is 10.1. The Morgan fingerprint density at radius 1 is 1.23 bits per heavy atom. The first-order chi connectivity index (χ1) is 10.3. The molecule has 1 atom stereocenters. The summed E-state index contributed by atoms with van der Waals surface area (Å²) >= 11 is 0. The fourth-order valence-corrected chi connectivity index (χ4v) is 2.94. The zero-order chi connectivity index (χ0) is 16.6. The van der Waals surface area contributed by atoms with Gasteiger partial charge in [0.2, 0.25) is 0 Å². The summed E-state index contributed by atoms with van der Waals surface area (Å²) in [5, 5.41) is 3.05. The van der Waals surface area contributed by atoms with Crippen molar-refractivity contribution in [3.8, 4) is 0 Å². The number of alkyl carbamates (subject to hydrolysis) is 1. The molecule has 1 N–H and O–H groups in total. The number of amides is 1. The first-order valence-electron chi connectivity index (χ1n) is 8.92. The number of hydrogen-bond acceptors (Lipinski definition) is 2. The smallest absolute Gasteiger partial charge is 0.408 e. The van der Waals surface area contributed by atoms with Gasteiger partial charge in [0, 0.05) is 0 Å². The van der Waals surface area contributed by atoms with E-state index in [1.54, 1.807) is 0 Å². The predicted molar refractivity (Wildman–Crippen MR) is 92.9 cm³/mol. The van der Waals surface area contributed by atoms with Crippen molar-refractivity contribution < 1.29 is 9.53 Å².